The average Bonchev–Trinajstić information content (AvgIpc) is 3.07. The van der Waals surface area contributed by atoms with Crippen molar-refractivity contribution in [1.29, 1.82) is 0 Å². The molecule has 0 amide bonds. The predicted molar refractivity (Wildman–Crippen MR) is 64.6 cm³/mol. The fraction of sp³-hybridized carbons (Fsp3) is 0.417. The van der Waals surface area contributed by atoms with Crippen LogP contribution in [0.1, 0.15) is 23.2 Å². The van der Waals surface area contributed by atoms with E-state index in [-0.39, 0.29) is 5.78 Å². The van der Waals surface area contributed by atoms with Gasteiger partial charge in [-0.25, -0.2) is 8.42 Å². The molecule has 1 aliphatic carbocycles. The molecule has 1 aromatic carbocycles. The molecule has 0 spiro atoms. The molecule has 17 heavy (non-hydrogen) atoms. The molecule has 1 saturated carbocycles. The van der Waals surface area contributed by atoms with Crippen LogP contribution in [0.4, 0.5) is 5.69 Å². The summed E-state index contributed by atoms with van der Waals surface area (Å²) in [5.41, 5.74) is 1.08. The van der Waals surface area contributed by atoms with E-state index in [1.807, 2.05) is 0 Å². The zero-order valence-corrected chi connectivity index (χ0v) is 10.1. The zero-order valence-electron chi connectivity index (χ0n) is 9.30. The number of hydrogen-bond acceptors (Lipinski definition) is 3. The molecule has 4 nitrogen and oxygen atoms in total. The minimum Gasteiger partial charge on any atom is -0.293 e. The maximum atomic E-state index is 12.0. The molecule has 3 rings (SSSR count). The van der Waals surface area contributed by atoms with Crippen molar-refractivity contribution in [2.24, 2.45) is 5.92 Å². The Hall–Kier alpha value is -1.36. The molecule has 2 aliphatic rings. The minimum absolute atomic E-state index is 0.298. The lowest BCUT2D eigenvalue weighted by Gasteiger charge is -2.29. The Morgan fingerprint density at radius 2 is 1.94 bits per heavy atom. The second-order valence-corrected chi connectivity index (χ2v) is 6.56. The van der Waals surface area contributed by atoms with E-state index in [2.05, 4.69) is 0 Å². The summed E-state index contributed by atoms with van der Waals surface area (Å²) in [6, 6.07) is 6.95. The molecule has 1 heterocycles. The highest BCUT2D eigenvalue weighted by atomic mass is 32.2. The molecule has 1 fully saturated rings. The molecule has 0 saturated heterocycles. The lowest BCUT2D eigenvalue weighted by molar-refractivity contribution is 0.102. The first-order chi connectivity index (χ1) is 8.08. The molecule has 0 aromatic heterocycles. The minimum atomic E-state index is -3.46. The van der Waals surface area contributed by atoms with E-state index < -0.39 is 15.8 Å². The van der Waals surface area contributed by atoms with Crippen LogP contribution in [0.3, 0.4) is 0 Å². The lowest BCUT2D eigenvalue weighted by Crippen LogP contribution is -2.41. The van der Waals surface area contributed by atoms with Gasteiger partial charge in [-0.05, 0) is 30.9 Å². The normalized spacial score (nSPS) is 22.4. The summed E-state index contributed by atoms with van der Waals surface area (Å²) in [7, 11) is -3.46. The molecular formula is C12H13NO3S. The van der Waals surface area contributed by atoms with Crippen molar-refractivity contribution < 1.29 is 13.2 Å². The second-order valence-electron chi connectivity index (χ2n) is 4.67. The largest absolute Gasteiger partial charge is 0.293 e. The maximum Gasteiger partial charge on any atom is 0.242 e. The van der Waals surface area contributed by atoms with E-state index in [4.69, 9.17) is 0 Å². The van der Waals surface area contributed by atoms with Crippen molar-refractivity contribution in [3.05, 3.63) is 29.8 Å². The SMILES string of the molecule is O=C1CS(=O)(=O)N(CC2CC2)c2ccccc21. The Morgan fingerprint density at radius 1 is 1.24 bits per heavy atom. The van der Waals surface area contributed by atoms with Crippen molar-refractivity contribution in [3.8, 4) is 0 Å². The van der Waals surface area contributed by atoms with Gasteiger partial charge in [-0.15, -0.1) is 0 Å². The fourth-order valence-electron chi connectivity index (χ4n) is 2.14. The molecule has 5 heteroatoms. The van der Waals surface area contributed by atoms with Crippen LogP contribution >= 0.6 is 0 Å². The van der Waals surface area contributed by atoms with Crippen LogP contribution in [-0.2, 0) is 10.0 Å². The number of hydrogen-bond donors (Lipinski definition) is 0. The summed E-state index contributed by atoms with van der Waals surface area (Å²) in [4.78, 5) is 11.7. The van der Waals surface area contributed by atoms with Gasteiger partial charge in [-0.2, -0.15) is 0 Å². The smallest absolute Gasteiger partial charge is 0.242 e. The standard InChI is InChI=1S/C12H13NO3S/c14-12-8-17(15,16)13(7-9-5-6-9)11-4-2-1-3-10(11)12/h1-4,9H,5-8H2. The Labute approximate surface area is 100 Å². The fourth-order valence-corrected chi connectivity index (χ4v) is 3.68. The van der Waals surface area contributed by atoms with Gasteiger partial charge >= 0.3 is 0 Å². The second kappa shape index (κ2) is 3.57. The van der Waals surface area contributed by atoms with Gasteiger partial charge in [0.15, 0.2) is 5.78 Å². The van der Waals surface area contributed by atoms with Crippen molar-refractivity contribution >= 4 is 21.5 Å². The van der Waals surface area contributed by atoms with Gasteiger partial charge in [-0.1, -0.05) is 12.1 Å². The van der Waals surface area contributed by atoms with E-state index in [0.29, 0.717) is 23.7 Å². The number of fused-ring (bicyclic) bond motifs is 1. The Kier molecular flexibility index (Phi) is 2.26. The van der Waals surface area contributed by atoms with Gasteiger partial charge in [0.05, 0.1) is 5.69 Å². The third kappa shape index (κ3) is 1.84. The lowest BCUT2D eigenvalue weighted by atomic mass is 10.1. The van der Waals surface area contributed by atoms with Gasteiger partial charge in [0.1, 0.15) is 5.75 Å². The quantitative estimate of drug-likeness (QED) is 0.799. The van der Waals surface area contributed by atoms with Crippen LogP contribution in [0, 0.1) is 5.92 Å². The number of ketones is 1. The summed E-state index contributed by atoms with van der Waals surface area (Å²) in [6.07, 6.45) is 2.17. The summed E-state index contributed by atoms with van der Waals surface area (Å²) in [6.45, 7) is 0.520. The van der Waals surface area contributed by atoms with E-state index in [1.54, 1.807) is 24.3 Å². The third-order valence-electron chi connectivity index (χ3n) is 3.24. The van der Waals surface area contributed by atoms with Crippen molar-refractivity contribution in [1.82, 2.24) is 0 Å². The maximum absolute atomic E-state index is 12.0. The Morgan fingerprint density at radius 3 is 2.65 bits per heavy atom. The van der Waals surface area contributed by atoms with Gasteiger partial charge in [0.25, 0.3) is 0 Å². The van der Waals surface area contributed by atoms with Gasteiger partial charge in [-0.3, -0.25) is 9.10 Å². The Balaban J connectivity index is 2.09. The van der Waals surface area contributed by atoms with E-state index in [9.17, 15) is 13.2 Å². The molecular weight excluding hydrogens is 238 g/mol. The number of carbonyl (C=O) groups is 1. The molecule has 1 aromatic rings. The number of sulfonamides is 1. The number of para-hydroxylation sites is 1. The van der Waals surface area contributed by atoms with Gasteiger partial charge < -0.3 is 0 Å². The predicted octanol–water partition coefficient (Wildman–Crippen LogP) is 1.43. The summed E-state index contributed by atoms with van der Waals surface area (Å²) >= 11 is 0. The topological polar surface area (TPSA) is 54.5 Å². The first-order valence-corrected chi connectivity index (χ1v) is 7.31. The molecule has 1 aliphatic heterocycles. The highest BCUT2D eigenvalue weighted by Gasteiger charge is 2.37. The molecule has 90 valence electrons. The van der Waals surface area contributed by atoms with Crippen LogP contribution in [0.15, 0.2) is 24.3 Å². The number of Topliss-reactive ketones (excluding diaryl/α,β-unsaturated/α-hetero) is 1. The average molecular weight is 251 g/mol. The third-order valence-corrected chi connectivity index (χ3v) is 4.89. The monoisotopic (exact) mass is 251 g/mol. The number of rotatable bonds is 2. The van der Waals surface area contributed by atoms with E-state index in [0.717, 1.165) is 12.8 Å². The first kappa shape index (κ1) is 10.8. The number of carbonyl (C=O) groups excluding carboxylic acids is 1. The van der Waals surface area contributed by atoms with Crippen LogP contribution in [0.2, 0.25) is 0 Å². The number of nitrogens with zero attached hydrogens (tertiary/aromatic N) is 1. The van der Waals surface area contributed by atoms with Crippen molar-refractivity contribution in [3.63, 3.8) is 0 Å². The molecule has 0 atom stereocenters. The summed E-state index contributed by atoms with van der Waals surface area (Å²) < 4.78 is 25.5. The molecule has 0 unspecified atom stereocenters. The molecule has 0 N–H and O–H groups in total. The van der Waals surface area contributed by atoms with Crippen LogP contribution in [0.5, 0.6) is 0 Å². The van der Waals surface area contributed by atoms with Gasteiger partial charge in [0.2, 0.25) is 10.0 Å². The molecule has 0 bridgehead atoms. The van der Waals surface area contributed by atoms with E-state index >= 15 is 0 Å². The first-order valence-electron chi connectivity index (χ1n) is 5.70. The number of benzene rings is 1. The summed E-state index contributed by atoms with van der Waals surface area (Å²) in [5, 5.41) is 0. The van der Waals surface area contributed by atoms with Crippen LogP contribution in [0.25, 0.3) is 0 Å². The van der Waals surface area contributed by atoms with Crippen LogP contribution in [-0.4, -0.2) is 26.5 Å². The van der Waals surface area contributed by atoms with E-state index in [1.165, 1.54) is 4.31 Å². The van der Waals surface area contributed by atoms with Crippen molar-refractivity contribution in [2.45, 2.75) is 12.8 Å². The number of anilines is 1. The molecule has 0 radical (unpaired) electrons. The Bertz CT molecular complexity index is 575. The van der Waals surface area contributed by atoms with Crippen LogP contribution < -0.4 is 4.31 Å². The highest BCUT2D eigenvalue weighted by Crippen LogP contribution is 2.36. The summed E-state index contributed by atoms with van der Waals surface area (Å²) in [5.74, 6) is -0.227. The highest BCUT2D eigenvalue weighted by molar-refractivity contribution is 7.93. The van der Waals surface area contributed by atoms with Crippen molar-refractivity contribution in [2.75, 3.05) is 16.6 Å². The zero-order chi connectivity index (χ0) is 12.0. The van der Waals surface area contributed by atoms with Gasteiger partial charge in [0, 0.05) is 12.1 Å².